The predicted octanol–water partition coefficient (Wildman–Crippen LogP) is 1.94. The van der Waals surface area contributed by atoms with Crippen molar-refractivity contribution >= 4 is 17.4 Å². The lowest BCUT2D eigenvalue weighted by Crippen LogP contribution is -1.99. The number of aromatic nitrogens is 3. The van der Waals surface area contributed by atoms with E-state index in [1.54, 1.807) is 18.5 Å². The fraction of sp³-hybridized carbons (Fsp3) is 0.200. The monoisotopic (exact) mass is 236 g/mol. The van der Waals surface area contributed by atoms with Gasteiger partial charge in [-0.1, -0.05) is 0 Å². The van der Waals surface area contributed by atoms with Crippen LogP contribution < -0.4 is 10.5 Å². The van der Waals surface area contributed by atoms with Gasteiger partial charge in [-0.25, -0.2) is 9.97 Å². The van der Waals surface area contributed by atoms with E-state index in [0.29, 0.717) is 18.2 Å². The maximum absolute atomic E-state index is 5.73. The highest BCUT2D eigenvalue weighted by Crippen LogP contribution is 2.27. The van der Waals surface area contributed by atoms with Gasteiger partial charge in [-0.3, -0.25) is 0 Å². The average molecular weight is 236 g/mol. The van der Waals surface area contributed by atoms with Crippen LogP contribution in [0.15, 0.2) is 34.7 Å². The summed E-state index contributed by atoms with van der Waals surface area (Å²) in [6, 6.07) is 3.62. The topological polar surface area (TPSA) is 76.8 Å². The summed E-state index contributed by atoms with van der Waals surface area (Å²) in [5, 5.41) is 1.59. The Bertz CT molecular complexity index is 458. The van der Waals surface area contributed by atoms with Crippen molar-refractivity contribution in [2.75, 3.05) is 12.3 Å². The third-order valence-corrected chi connectivity index (χ3v) is 2.67. The number of imidazole rings is 1. The Morgan fingerprint density at radius 1 is 1.50 bits per heavy atom. The first-order chi connectivity index (χ1) is 7.79. The standard InChI is InChI=1S/C10H12N4OS/c1-2-15-9-7(11)3-4-8(14-9)16-10-12-5-6-13-10/h3-6H,2,11H2,1H3,(H,12,13). The van der Waals surface area contributed by atoms with Crippen LogP contribution in [0.2, 0.25) is 0 Å². The van der Waals surface area contributed by atoms with Gasteiger partial charge in [-0.15, -0.1) is 0 Å². The van der Waals surface area contributed by atoms with Gasteiger partial charge in [0.25, 0.3) is 0 Å². The van der Waals surface area contributed by atoms with Crippen LogP contribution in [0.25, 0.3) is 0 Å². The van der Waals surface area contributed by atoms with Gasteiger partial charge >= 0.3 is 0 Å². The maximum Gasteiger partial charge on any atom is 0.238 e. The molecule has 0 bridgehead atoms. The summed E-state index contributed by atoms with van der Waals surface area (Å²) in [5.74, 6) is 0.471. The maximum atomic E-state index is 5.73. The molecule has 0 saturated heterocycles. The number of nitrogen functional groups attached to an aromatic ring is 1. The first-order valence-electron chi connectivity index (χ1n) is 4.86. The molecule has 6 heteroatoms. The molecule has 2 rings (SSSR count). The van der Waals surface area contributed by atoms with Crippen LogP contribution in [0.1, 0.15) is 6.92 Å². The smallest absolute Gasteiger partial charge is 0.238 e. The molecule has 0 aliphatic carbocycles. The number of nitrogens with zero attached hydrogens (tertiary/aromatic N) is 2. The SMILES string of the molecule is CCOc1nc(Sc2ncc[nH]2)ccc1N. The van der Waals surface area contributed by atoms with Gasteiger partial charge in [0.15, 0.2) is 5.16 Å². The number of aromatic amines is 1. The molecule has 0 spiro atoms. The second-order valence-corrected chi connectivity index (χ2v) is 3.98. The van der Waals surface area contributed by atoms with Crippen LogP contribution in [0.3, 0.4) is 0 Å². The third-order valence-electron chi connectivity index (χ3n) is 1.82. The molecule has 0 atom stereocenters. The number of rotatable bonds is 4. The van der Waals surface area contributed by atoms with E-state index in [9.17, 15) is 0 Å². The minimum absolute atomic E-state index is 0.471. The quantitative estimate of drug-likeness (QED) is 0.848. The Morgan fingerprint density at radius 2 is 2.38 bits per heavy atom. The average Bonchev–Trinajstić information content (AvgIpc) is 2.76. The summed E-state index contributed by atoms with van der Waals surface area (Å²) < 4.78 is 5.32. The molecule has 0 radical (unpaired) electrons. The summed E-state index contributed by atoms with van der Waals surface area (Å²) >= 11 is 1.43. The number of nitrogens with one attached hydrogen (secondary N) is 1. The molecule has 0 saturated carbocycles. The molecule has 0 aliphatic heterocycles. The second kappa shape index (κ2) is 4.89. The molecule has 5 nitrogen and oxygen atoms in total. The Labute approximate surface area is 97.4 Å². The molecule has 0 aromatic carbocycles. The van der Waals surface area contributed by atoms with Gasteiger partial charge in [0.1, 0.15) is 5.03 Å². The van der Waals surface area contributed by atoms with Gasteiger partial charge in [-0.05, 0) is 30.8 Å². The van der Waals surface area contributed by atoms with Gasteiger partial charge in [0.2, 0.25) is 5.88 Å². The third kappa shape index (κ3) is 2.46. The van der Waals surface area contributed by atoms with Crippen molar-refractivity contribution < 1.29 is 4.74 Å². The van der Waals surface area contributed by atoms with Crippen molar-refractivity contribution in [2.24, 2.45) is 0 Å². The molecular formula is C10H12N4OS. The number of anilines is 1. The van der Waals surface area contributed by atoms with Crippen molar-refractivity contribution in [3.8, 4) is 5.88 Å². The van der Waals surface area contributed by atoms with E-state index in [1.807, 2.05) is 13.0 Å². The minimum atomic E-state index is 0.471. The van der Waals surface area contributed by atoms with Crippen LogP contribution >= 0.6 is 11.8 Å². The van der Waals surface area contributed by atoms with Crippen molar-refractivity contribution in [3.63, 3.8) is 0 Å². The first kappa shape index (κ1) is 10.8. The fourth-order valence-electron chi connectivity index (χ4n) is 1.15. The predicted molar refractivity (Wildman–Crippen MR) is 62.5 cm³/mol. The zero-order valence-corrected chi connectivity index (χ0v) is 9.62. The number of pyridine rings is 1. The number of H-pyrrole nitrogens is 1. The van der Waals surface area contributed by atoms with Crippen molar-refractivity contribution in [1.82, 2.24) is 15.0 Å². The van der Waals surface area contributed by atoms with E-state index in [1.165, 1.54) is 11.8 Å². The Kier molecular flexibility index (Phi) is 3.31. The lowest BCUT2D eigenvalue weighted by molar-refractivity contribution is 0.326. The first-order valence-corrected chi connectivity index (χ1v) is 5.68. The van der Waals surface area contributed by atoms with Gasteiger partial charge < -0.3 is 15.5 Å². The van der Waals surface area contributed by atoms with Crippen LogP contribution in [-0.2, 0) is 0 Å². The molecule has 0 unspecified atom stereocenters. The lowest BCUT2D eigenvalue weighted by atomic mass is 10.4. The Balaban J connectivity index is 2.19. The summed E-state index contributed by atoms with van der Waals surface area (Å²) in [6.07, 6.45) is 3.46. The molecule has 2 aromatic rings. The number of nitrogens with two attached hydrogens (primary N) is 1. The second-order valence-electron chi connectivity index (χ2n) is 2.97. The normalized spacial score (nSPS) is 10.3. The highest BCUT2D eigenvalue weighted by atomic mass is 32.2. The molecular weight excluding hydrogens is 224 g/mol. The molecule has 2 heterocycles. The molecule has 0 fully saturated rings. The molecule has 16 heavy (non-hydrogen) atoms. The number of hydrogen-bond donors (Lipinski definition) is 2. The molecule has 0 aliphatic rings. The summed E-state index contributed by atoms with van der Waals surface area (Å²) in [6.45, 7) is 2.44. The van der Waals surface area contributed by atoms with E-state index >= 15 is 0 Å². The van der Waals surface area contributed by atoms with Crippen molar-refractivity contribution in [3.05, 3.63) is 24.5 Å². The lowest BCUT2D eigenvalue weighted by Gasteiger charge is -2.06. The van der Waals surface area contributed by atoms with E-state index in [-0.39, 0.29) is 0 Å². The van der Waals surface area contributed by atoms with E-state index in [0.717, 1.165) is 10.2 Å². The van der Waals surface area contributed by atoms with Crippen LogP contribution in [0.4, 0.5) is 5.69 Å². The van der Waals surface area contributed by atoms with Crippen LogP contribution in [0, 0.1) is 0 Å². The van der Waals surface area contributed by atoms with E-state index in [4.69, 9.17) is 10.5 Å². The van der Waals surface area contributed by atoms with E-state index in [2.05, 4.69) is 15.0 Å². The Hall–Kier alpha value is -1.69. The van der Waals surface area contributed by atoms with Crippen molar-refractivity contribution in [1.29, 1.82) is 0 Å². The van der Waals surface area contributed by atoms with Crippen LogP contribution in [0.5, 0.6) is 5.88 Å². The molecule has 2 aromatic heterocycles. The zero-order chi connectivity index (χ0) is 11.4. The van der Waals surface area contributed by atoms with Crippen molar-refractivity contribution in [2.45, 2.75) is 17.1 Å². The number of ether oxygens (including phenoxy) is 1. The zero-order valence-electron chi connectivity index (χ0n) is 8.80. The summed E-state index contributed by atoms with van der Waals surface area (Å²) in [7, 11) is 0. The highest BCUT2D eigenvalue weighted by Gasteiger charge is 2.06. The molecule has 84 valence electrons. The van der Waals surface area contributed by atoms with E-state index < -0.39 is 0 Å². The minimum Gasteiger partial charge on any atom is -0.476 e. The molecule has 3 N–H and O–H groups in total. The molecule has 0 amide bonds. The highest BCUT2D eigenvalue weighted by molar-refractivity contribution is 7.99. The van der Waals surface area contributed by atoms with Crippen LogP contribution in [-0.4, -0.2) is 21.6 Å². The summed E-state index contributed by atoms with van der Waals surface area (Å²) in [5.41, 5.74) is 6.28. The number of hydrogen-bond acceptors (Lipinski definition) is 5. The fourth-order valence-corrected chi connectivity index (χ4v) is 1.85. The largest absolute Gasteiger partial charge is 0.476 e. The van der Waals surface area contributed by atoms with Gasteiger partial charge in [0.05, 0.1) is 12.3 Å². The Morgan fingerprint density at radius 3 is 3.06 bits per heavy atom. The van der Waals surface area contributed by atoms with Gasteiger partial charge in [0, 0.05) is 12.4 Å². The van der Waals surface area contributed by atoms with Gasteiger partial charge in [-0.2, -0.15) is 0 Å². The summed E-state index contributed by atoms with van der Waals surface area (Å²) in [4.78, 5) is 11.4.